The molecule has 0 saturated carbocycles. The fraction of sp³-hybridized carbons (Fsp3) is 0.278. The van der Waals surface area contributed by atoms with Gasteiger partial charge in [-0.25, -0.2) is 0 Å². The van der Waals surface area contributed by atoms with Crippen molar-refractivity contribution in [2.75, 3.05) is 13.2 Å². The number of benzene rings is 2. The van der Waals surface area contributed by atoms with Crippen molar-refractivity contribution in [1.29, 1.82) is 5.26 Å². The number of nitriles is 1. The Kier molecular flexibility index (Phi) is 5.96. The SMILES string of the molecule is N#CCc1ccccc1CN(CCO)Cc1ccccc1. The van der Waals surface area contributed by atoms with E-state index in [1.807, 2.05) is 36.4 Å². The molecule has 0 bridgehead atoms. The first-order valence-electron chi connectivity index (χ1n) is 7.14. The average Bonchev–Trinajstić information content (AvgIpc) is 2.51. The lowest BCUT2D eigenvalue weighted by Crippen LogP contribution is -2.26. The summed E-state index contributed by atoms with van der Waals surface area (Å²) in [6.45, 7) is 2.29. The Hall–Kier alpha value is -2.15. The lowest BCUT2D eigenvalue weighted by Gasteiger charge is -2.22. The van der Waals surface area contributed by atoms with Gasteiger partial charge < -0.3 is 5.11 Å². The zero-order chi connectivity index (χ0) is 14.9. The summed E-state index contributed by atoms with van der Waals surface area (Å²) in [5.41, 5.74) is 3.45. The van der Waals surface area contributed by atoms with Gasteiger partial charge in [-0.05, 0) is 16.7 Å². The van der Waals surface area contributed by atoms with Crippen LogP contribution in [0.1, 0.15) is 16.7 Å². The molecule has 0 radical (unpaired) electrons. The van der Waals surface area contributed by atoms with Crippen molar-refractivity contribution in [2.45, 2.75) is 19.5 Å². The van der Waals surface area contributed by atoms with Crippen LogP contribution in [0.3, 0.4) is 0 Å². The summed E-state index contributed by atoms with van der Waals surface area (Å²) >= 11 is 0. The van der Waals surface area contributed by atoms with Gasteiger partial charge in [0.25, 0.3) is 0 Å². The highest BCUT2D eigenvalue weighted by molar-refractivity contribution is 5.29. The Balaban J connectivity index is 2.11. The molecule has 21 heavy (non-hydrogen) atoms. The third kappa shape index (κ3) is 4.71. The molecule has 2 aromatic carbocycles. The molecule has 0 aromatic heterocycles. The number of hydrogen-bond donors (Lipinski definition) is 1. The molecule has 108 valence electrons. The molecular weight excluding hydrogens is 260 g/mol. The highest BCUT2D eigenvalue weighted by Gasteiger charge is 2.09. The molecule has 0 atom stereocenters. The molecule has 3 nitrogen and oxygen atoms in total. The van der Waals surface area contributed by atoms with Gasteiger partial charge in [-0.15, -0.1) is 0 Å². The van der Waals surface area contributed by atoms with E-state index in [0.717, 1.165) is 24.2 Å². The zero-order valence-corrected chi connectivity index (χ0v) is 12.1. The van der Waals surface area contributed by atoms with Gasteiger partial charge in [0.05, 0.1) is 19.1 Å². The van der Waals surface area contributed by atoms with Crippen LogP contribution in [0.4, 0.5) is 0 Å². The second-order valence-electron chi connectivity index (χ2n) is 5.02. The first-order chi connectivity index (χ1) is 10.3. The molecule has 0 aliphatic carbocycles. The predicted molar refractivity (Wildman–Crippen MR) is 83.4 cm³/mol. The Labute approximate surface area is 126 Å². The van der Waals surface area contributed by atoms with Gasteiger partial charge in [-0.3, -0.25) is 4.90 Å². The van der Waals surface area contributed by atoms with Crippen LogP contribution in [0.15, 0.2) is 54.6 Å². The fourth-order valence-electron chi connectivity index (χ4n) is 2.41. The predicted octanol–water partition coefficient (Wildman–Crippen LogP) is 2.75. The fourth-order valence-corrected chi connectivity index (χ4v) is 2.41. The molecule has 0 aliphatic heterocycles. The second-order valence-corrected chi connectivity index (χ2v) is 5.02. The molecule has 2 aromatic rings. The van der Waals surface area contributed by atoms with Crippen molar-refractivity contribution < 1.29 is 5.11 Å². The van der Waals surface area contributed by atoms with Crippen LogP contribution in [-0.2, 0) is 19.5 Å². The summed E-state index contributed by atoms with van der Waals surface area (Å²) in [6, 6.07) is 20.5. The van der Waals surface area contributed by atoms with Crippen LogP contribution in [0.25, 0.3) is 0 Å². The number of aliphatic hydroxyl groups excluding tert-OH is 1. The summed E-state index contributed by atoms with van der Waals surface area (Å²) in [7, 11) is 0. The Bertz CT molecular complexity index is 590. The van der Waals surface area contributed by atoms with Gasteiger partial charge in [0.1, 0.15) is 0 Å². The van der Waals surface area contributed by atoms with Crippen molar-refractivity contribution in [1.82, 2.24) is 4.90 Å². The van der Waals surface area contributed by atoms with E-state index < -0.39 is 0 Å². The summed E-state index contributed by atoms with van der Waals surface area (Å²) in [5, 5.41) is 18.2. The lowest BCUT2D eigenvalue weighted by atomic mass is 10.0. The number of hydrogen-bond acceptors (Lipinski definition) is 3. The molecular formula is C18H20N2O. The van der Waals surface area contributed by atoms with Crippen molar-refractivity contribution in [2.24, 2.45) is 0 Å². The van der Waals surface area contributed by atoms with Gasteiger partial charge in [0, 0.05) is 19.6 Å². The molecule has 0 heterocycles. The van der Waals surface area contributed by atoms with Crippen molar-refractivity contribution >= 4 is 0 Å². The minimum atomic E-state index is 0.132. The van der Waals surface area contributed by atoms with Crippen molar-refractivity contribution in [3.63, 3.8) is 0 Å². The van der Waals surface area contributed by atoms with Gasteiger partial charge in [-0.2, -0.15) is 5.26 Å². The quantitative estimate of drug-likeness (QED) is 0.848. The number of rotatable bonds is 7. The van der Waals surface area contributed by atoms with E-state index in [4.69, 9.17) is 5.26 Å². The largest absolute Gasteiger partial charge is 0.395 e. The van der Waals surface area contributed by atoms with Crippen LogP contribution in [-0.4, -0.2) is 23.2 Å². The smallest absolute Gasteiger partial charge is 0.0669 e. The van der Waals surface area contributed by atoms with Crippen LogP contribution in [0.5, 0.6) is 0 Å². The van der Waals surface area contributed by atoms with Crippen LogP contribution in [0, 0.1) is 11.3 Å². The molecule has 0 spiro atoms. The Morgan fingerprint density at radius 2 is 1.57 bits per heavy atom. The van der Waals surface area contributed by atoms with Crippen LogP contribution < -0.4 is 0 Å². The summed E-state index contributed by atoms with van der Waals surface area (Å²) < 4.78 is 0. The average molecular weight is 280 g/mol. The Morgan fingerprint density at radius 1 is 0.905 bits per heavy atom. The zero-order valence-electron chi connectivity index (χ0n) is 12.1. The normalized spacial score (nSPS) is 10.5. The van der Waals surface area contributed by atoms with E-state index in [0.29, 0.717) is 13.0 Å². The summed E-state index contributed by atoms with van der Waals surface area (Å²) in [6.07, 6.45) is 0.425. The van der Waals surface area contributed by atoms with Crippen molar-refractivity contribution in [3.8, 4) is 6.07 Å². The first kappa shape index (κ1) is 15.2. The van der Waals surface area contributed by atoms with E-state index in [9.17, 15) is 5.11 Å². The first-order valence-corrected chi connectivity index (χ1v) is 7.14. The van der Waals surface area contributed by atoms with E-state index in [1.165, 1.54) is 5.56 Å². The highest BCUT2D eigenvalue weighted by atomic mass is 16.3. The highest BCUT2D eigenvalue weighted by Crippen LogP contribution is 2.14. The molecule has 0 fully saturated rings. The van der Waals surface area contributed by atoms with Crippen molar-refractivity contribution in [3.05, 3.63) is 71.3 Å². The van der Waals surface area contributed by atoms with E-state index >= 15 is 0 Å². The minimum Gasteiger partial charge on any atom is -0.395 e. The third-order valence-corrected chi connectivity index (χ3v) is 3.45. The van der Waals surface area contributed by atoms with Gasteiger partial charge in [0.2, 0.25) is 0 Å². The molecule has 0 unspecified atom stereocenters. The number of aliphatic hydroxyl groups is 1. The Morgan fingerprint density at radius 3 is 2.24 bits per heavy atom. The third-order valence-electron chi connectivity index (χ3n) is 3.45. The van der Waals surface area contributed by atoms with Crippen LogP contribution in [0.2, 0.25) is 0 Å². The maximum absolute atomic E-state index is 9.27. The van der Waals surface area contributed by atoms with E-state index in [2.05, 4.69) is 29.2 Å². The van der Waals surface area contributed by atoms with Gasteiger partial charge in [-0.1, -0.05) is 54.6 Å². The maximum Gasteiger partial charge on any atom is 0.0669 e. The van der Waals surface area contributed by atoms with Gasteiger partial charge >= 0.3 is 0 Å². The molecule has 2 rings (SSSR count). The maximum atomic E-state index is 9.27. The summed E-state index contributed by atoms with van der Waals surface area (Å²) in [5.74, 6) is 0. The standard InChI is InChI=1S/C18H20N2O/c19-11-10-17-8-4-5-9-18(17)15-20(12-13-21)14-16-6-2-1-3-7-16/h1-9,21H,10,12-15H2. The lowest BCUT2D eigenvalue weighted by molar-refractivity contribution is 0.184. The monoisotopic (exact) mass is 280 g/mol. The van der Waals surface area contributed by atoms with Gasteiger partial charge in [0.15, 0.2) is 0 Å². The molecule has 3 heteroatoms. The minimum absolute atomic E-state index is 0.132. The molecule has 1 N–H and O–H groups in total. The topological polar surface area (TPSA) is 47.3 Å². The van der Waals surface area contributed by atoms with E-state index in [-0.39, 0.29) is 6.61 Å². The number of nitrogens with zero attached hydrogens (tertiary/aromatic N) is 2. The summed E-state index contributed by atoms with van der Waals surface area (Å²) in [4.78, 5) is 2.20. The van der Waals surface area contributed by atoms with E-state index in [1.54, 1.807) is 0 Å². The van der Waals surface area contributed by atoms with Crippen LogP contribution >= 0.6 is 0 Å². The second kappa shape index (κ2) is 8.21. The molecule has 0 aliphatic rings. The molecule has 0 saturated heterocycles. The molecule has 0 amide bonds.